The number of carbonyl (C=O) groups is 1. The van der Waals surface area contributed by atoms with E-state index in [4.69, 9.17) is 6.42 Å². The standard InChI is InChI=1S/C27H23FN2O/c1-4-19-6-5-7-22(16-19)20-9-11-21(12-10-20)27(31)29-15-14-23-18(3)30-26-24(28)13-8-17(2)25(23)26/h1,5-13,16,30H,14-15H2,2-3H3,(H,29,31). The molecule has 2 N–H and O–H groups in total. The van der Waals surface area contributed by atoms with Crippen molar-refractivity contribution in [2.75, 3.05) is 6.54 Å². The van der Waals surface area contributed by atoms with Gasteiger partial charge in [0, 0.05) is 28.8 Å². The maximum atomic E-state index is 14.1. The summed E-state index contributed by atoms with van der Waals surface area (Å²) < 4.78 is 14.1. The average molecular weight is 410 g/mol. The van der Waals surface area contributed by atoms with E-state index < -0.39 is 0 Å². The lowest BCUT2D eigenvalue weighted by molar-refractivity contribution is 0.0954. The highest BCUT2D eigenvalue weighted by molar-refractivity contribution is 5.95. The fraction of sp³-hybridized carbons (Fsp3) is 0.148. The lowest BCUT2D eigenvalue weighted by Gasteiger charge is -2.08. The monoisotopic (exact) mass is 410 g/mol. The van der Waals surface area contributed by atoms with Crippen molar-refractivity contribution in [3.8, 4) is 23.5 Å². The average Bonchev–Trinajstić information content (AvgIpc) is 3.14. The summed E-state index contributed by atoms with van der Waals surface area (Å²) in [7, 11) is 0. The Labute approximate surface area is 181 Å². The fourth-order valence-electron chi connectivity index (χ4n) is 3.96. The Bertz CT molecular complexity index is 1310. The molecule has 0 saturated heterocycles. The highest BCUT2D eigenvalue weighted by Gasteiger charge is 2.14. The lowest BCUT2D eigenvalue weighted by atomic mass is 10.0. The van der Waals surface area contributed by atoms with Crippen LogP contribution in [0.2, 0.25) is 0 Å². The van der Waals surface area contributed by atoms with E-state index in [9.17, 15) is 9.18 Å². The zero-order valence-electron chi connectivity index (χ0n) is 17.6. The summed E-state index contributed by atoms with van der Waals surface area (Å²) >= 11 is 0. The van der Waals surface area contributed by atoms with Crippen LogP contribution in [-0.2, 0) is 6.42 Å². The molecule has 0 unspecified atom stereocenters. The number of amides is 1. The minimum atomic E-state index is -0.258. The van der Waals surface area contributed by atoms with E-state index in [1.807, 2.05) is 62.4 Å². The Kier molecular flexibility index (Phi) is 5.60. The fourth-order valence-corrected chi connectivity index (χ4v) is 3.96. The normalized spacial score (nSPS) is 10.8. The Hall–Kier alpha value is -3.84. The summed E-state index contributed by atoms with van der Waals surface area (Å²) in [5.74, 6) is 2.24. The first-order valence-electron chi connectivity index (χ1n) is 10.2. The van der Waals surface area contributed by atoms with Gasteiger partial charge in [0.2, 0.25) is 0 Å². The van der Waals surface area contributed by atoms with E-state index in [1.54, 1.807) is 6.07 Å². The van der Waals surface area contributed by atoms with Crippen LogP contribution >= 0.6 is 0 Å². The first kappa shape index (κ1) is 20.4. The van der Waals surface area contributed by atoms with E-state index >= 15 is 0 Å². The zero-order valence-corrected chi connectivity index (χ0v) is 17.6. The smallest absolute Gasteiger partial charge is 0.251 e. The van der Waals surface area contributed by atoms with Crippen LogP contribution in [0.5, 0.6) is 0 Å². The predicted molar refractivity (Wildman–Crippen MR) is 124 cm³/mol. The summed E-state index contributed by atoms with van der Waals surface area (Å²) in [5.41, 5.74) is 6.94. The van der Waals surface area contributed by atoms with Crippen molar-refractivity contribution < 1.29 is 9.18 Å². The SMILES string of the molecule is C#Cc1cccc(-c2ccc(C(=O)NCCc3c(C)[nH]c4c(F)ccc(C)c34)cc2)c1. The number of hydrogen-bond acceptors (Lipinski definition) is 1. The number of hydrogen-bond donors (Lipinski definition) is 2. The second-order valence-electron chi connectivity index (χ2n) is 7.65. The van der Waals surface area contributed by atoms with Crippen LogP contribution in [0.15, 0.2) is 60.7 Å². The molecule has 4 heteroatoms. The Morgan fingerprint density at radius 1 is 1.06 bits per heavy atom. The van der Waals surface area contributed by atoms with E-state index in [0.717, 1.165) is 38.9 Å². The van der Waals surface area contributed by atoms with Gasteiger partial charge < -0.3 is 10.3 Å². The van der Waals surface area contributed by atoms with Gasteiger partial charge in [0.05, 0.1) is 5.52 Å². The molecule has 0 atom stereocenters. The number of aromatic amines is 1. The molecular formula is C27H23FN2O. The molecular weight excluding hydrogens is 387 g/mol. The summed E-state index contributed by atoms with van der Waals surface area (Å²) in [4.78, 5) is 15.7. The molecule has 1 amide bonds. The number of fused-ring (bicyclic) bond motifs is 1. The number of rotatable bonds is 5. The molecule has 4 rings (SSSR count). The number of aryl methyl sites for hydroxylation is 2. The first-order chi connectivity index (χ1) is 15.0. The number of nitrogens with one attached hydrogen (secondary N) is 2. The number of carbonyl (C=O) groups excluding carboxylic acids is 1. The van der Waals surface area contributed by atoms with Crippen molar-refractivity contribution in [1.82, 2.24) is 10.3 Å². The minimum Gasteiger partial charge on any atom is -0.356 e. The van der Waals surface area contributed by atoms with E-state index in [0.29, 0.717) is 24.0 Å². The van der Waals surface area contributed by atoms with E-state index in [1.165, 1.54) is 6.07 Å². The number of benzene rings is 3. The Balaban J connectivity index is 1.44. The van der Waals surface area contributed by atoms with Crippen LogP contribution < -0.4 is 5.32 Å². The minimum absolute atomic E-state index is 0.135. The van der Waals surface area contributed by atoms with Gasteiger partial charge >= 0.3 is 0 Å². The highest BCUT2D eigenvalue weighted by atomic mass is 19.1. The largest absolute Gasteiger partial charge is 0.356 e. The van der Waals surface area contributed by atoms with Crippen molar-refractivity contribution in [2.45, 2.75) is 20.3 Å². The van der Waals surface area contributed by atoms with Gasteiger partial charge in [0.25, 0.3) is 5.91 Å². The van der Waals surface area contributed by atoms with E-state index in [-0.39, 0.29) is 11.7 Å². The maximum Gasteiger partial charge on any atom is 0.251 e. The molecule has 3 aromatic carbocycles. The van der Waals surface area contributed by atoms with Crippen LogP contribution in [0.3, 0.4) is 0 Å². The van der Waals surface area contributed by atoms with Crippen molar-refractivity contribution in [2.24, 2.45) is 0 Å². The van der Waals surface area contributed by atoms with Gasteiger partial charge in [-0.2, -0.15) is 0 Å². The molecule has 0 fully saturated rings. The third-order valence-electron chi connectivity index (χ3n) is 5.60. The molecule has 0 saturated carbocycles. The molecule has 0 aliphatic rings. The van der Waals surface area contributed by atoms with Gasteiger partial charge in [0.1, 0.15) is 5.82 Å². The first-order valence-corrected chi connectivity index (χ1v) is 10.2. The molecule has 31 heavy (non-hydrogen) atoms. The summed E-state index contributed by atoms with van der Waals surface area (Å²) in [6, 6.07) is 18.5. The molecule has 1 aromatic heterocycles. The third-order valence-corrected chi connectivity index (χ3v) is 5.60. The van der Waals surface area contributed by atoms with Crippen LogP contribution in [0, 0.1) is 32.0 Å². The highest BCUT2D eigenvalue weighted by Crippen LogP contribution is 2.28. The third kappa shape index (κ3) is 4.08. The summed E-state index contributed by atoms with van der Waals surface area (Å²) in [6.07, 6.45) is 6.10. The van der Waals surface area contributed by atoms with Crippen LogP contribution in [-0.4, -0.2) is 17.4 Å². The molecule has 4 aromatic rings. The van der Waals surface area contributed by atoms with Gasteiger partial charge in [-0.25, -0.2) is 4.39 Å². The molecule has 0 aliphatic carbocycles. The molecule has 154 valence electrons. The van der Waals surface area contributed by atoms with Crippen molar-refractivity contribution >= 4 is 16.8 Å². The van der Waals surface area contributed by atoms with Crippen LogP contribution in [0.1, 0.15) is 32.7 Å². The number of terminal acetylenes is 1. The van der Waals surface area contributed by atoms with Crippen molar-refractivity contribution in [3.05, 3.63) is 94.4 Å². The van der Waals surface area contributed by atoms with Gasteiger partial charge in [-0.3, -0.25) is 4.79 Å². The van der Waals surface area contributed by atoms with E-state index in [2.05, 4.69) is 16.2 Å². The number of H-pyrrole nitrogens is 1. The zero-order chi connectivity index (χ0) is 22.0. The number of halogens is 1. The predicted octanol–water partition coefficient (Wildman–Crippen LogP) is 5.54. The molecule has 0 aliphatic heterocycles. The topological polar surface area (TPSA) is 44.9 Å². The van der Waals surface area contributed by atoms with Gasteiger partial charge in [-0.15, -0.1) is 6.42 Å². The Morgan fingerprint density at radius 3 is 2.58 bits per heavy atom. The van der Waals surface area contributed by atoms with Crippen molar-refractivity contribution in [3.63, 3.8) is 0 Å². The molecule has 0 radical (unpaired) electrons. The van der Waals surface area contributed by atoms with Crippen LogP contribution in [0.25, 0.3) is 22.0 Å². The second kappa shape index (κ2) is 8.49. The quantitative estimate of drug-likeness (QED) is 0.417. The second-order valence-corrected chi connectivity index (χ2v) is 7.65. The van der Waals surface area contributed by atoms with Gasteiger partial charge in [0.15, 0.2) is 0 Å². The maximum absolute atomic E-state index is 14.1. The molecule has 3 nitrogen and oxygen atoms in total. The van der Waals surface area contributed by atoms with Crippen molar-refractivity contribution in [1.29, 1.82) is 0 Å². The number of aromatic nitrogens is 1. The van der Waals surface area contributed by atoms with Gasteiger partial charge in [-0.1, -0.05) is 36.3 Å². The Morgan fingerprint density at radius 2 is 1.84 bits per heavy atom. The molecule has 1 heterocycles. The lowest BCUT2D eigenvalue weighted by Crippen LogP contribution is -2.25. The van der Waals surface area contributed by atoms with Gasteiger partial charge in [-0.05, 0) is 72.9 Å². The summed E-state index contributed by atoms with van der Waals surface area (Å²) in [5, 5.41) is 3.88. The van der Waals surface area contributed by atoms with Crippen LogP contribution in [0.4, 0.5) is 4.39 Å². The summed E-state index contributed by atoms with van der Waals surface area (Å²) in [6.45, 7) is 4.37. The molecule has 0 bridgehead atoms. The molecule has 0 spiro atoms.